The predicted octanol–water partition coefficient (Wildman–Crippen LogP) is 4.57. The highest BCUT2D eigenvalue weighted by atomic mass is 16.1. The first-order chi connectivity index (χ1) is 11.3. The van der Waals surface area contributed by atoms with E-state index in [0.717, 1.165) is 46.7 Å². The molecule has 3 nitrogen and oxygen atoms in total. The van der Waals surface area contributed by atoms with E-state index in [1.807, 2.05) is 30.5 Å². The quantitative estimate of drug-likeness (QED) is 0.857. The van der Waals surface area contributed by atoms with Gasteiger partial charge in [0, 0.05) is 23.5 Å². The average molecular weight is 308 g/mol. The summed E-state index contributed by atoms with van der Waals surface area (Å²) in [5, 5.41) is 4.27. The number of nitrogens with one attached hydrogen (secondary N) is 2. The zero-order valence-electron chi connectivity index (χ0n) is 13.4. The lowest BCUT2D eigenvalue weighted by Crippen LogP contribution is -2.46. The Labute approximate surface area is 136 Å². The standard InChI is InChI=1S/C20H24N2O/c23-20(22-19-3-1-2-18-16(19)4-5-21-18)11-17-14-7-12-6-13(9-14)10-15(17)8-12/h1-5,12-15,17,21H,6-11H2,(H,22,23). The van der Waals surface area contributed by atoms with E-state index in [1.54, 1.807) is 0 Å². The molecule has 0 spiro atoms. The number of benzene rings is 1. The number of H-pyrrole nitrogens is 1. The topological polar surface area (TPSA) is 44.9 Å². The molecule has 2 aromatic rings. The van der Waals surface area contributed by atoms with Gasteiger partial charge in [-0.1, -0.05) is 6.07 Å². The van der Waals surface area contributed by atoms with Crippen molar-refractivity contribution in [2.24, 2.45) is 29.6 Å². The number of carbonyl (C=O) groups is 1. The normalized spacial score (nSPS) is 34.9. The van der Waals surface area contributed by atoms with Crippen LogP contribution in [0, 0.1) is 29.6 Å². The molecule has 120 valence electrons. The highest BCUT2D eigenvalue weighted by Crippen LogP contribution is 2.57. The Balaban J connectivity index is 1.31. The van der Waals surface area contributed by atoms with E-state index in [0.29, 0.717) is 5.92 Å². The van der Waals surface area contributed by atoms with E-state index in [1.165, 1.54) is 32.1 Å². The number of hydrogen-bond donors (Lipinski definition) is 2. The van der Waals surface area contributed by atoms with Gasteiger partial charge >= 0.3 is 0 Å². The molecule has 1 aromatic carbocycles. The third kappa shape index (κ3) is 2.29. The summed E-state index contributed by atoms with van der Waals surface area (Å²) in [5.74, 6) is 4.43. The van der Waals surface area contributed by atoms with Crippen LogP contribution in [0.3, 0.4) is 0 Å². The van der Waals surface area contributed by atoms with Gasteiger partial charge in [-0.25, -0.2) is 0 Å². The summed E-state index contributed by atoms with van der Waals surface area (Å²) in [4.78, 5) is 15.9. The van der Waals surface area contributed by atoms with Gasteiger partial charge in [-0.2, -0.15) is 0 Å². The van der Waals surface area contributed by atoms with Crippen LogP contribution in [0.4, 0.5) is 5.69 Å². The third-order valence-corrected chi connectivity index (χ3v) is 6.71. The van der Waals surface area contributed by atoms with Crippen molar-refractivity contribution in [3.05, 3.63) is 30.5 Å². The second kappa shape index (κ2) is 5.12. The maximum Gasteiger partial charge on any atom is 0.224 e. The number of hydrogen-bond acceptors (Lipinski definition) is 1. The number of amides is 1. The van der Waals surface area contributed by atoms with Crippen LogP contribution in [0.1, 0.15) is 38.5 Å². The fourth-order valence-corrected chi connectivity index (χ4v) is 5.98. The molecule has 6 rings (SSSR count). The van der Waals surface area contributed by atoms with Crippen molar-refractivity contribution in [3.8, 4) is 0 Å². The van der Waals surface area contributed by atoms with Gasteiger partial charge < -0.3 is 10.3 Å². The fourth-order valence-electron chi connectivity index (χ4n) is 5.98. The van der Waals surface area contributed by atoms with E-state index in [4.69, 9.17) is 0 Å². The highest BCUT2D eigenvalue weighted by molar-refractivity contribution is 6.01. The summed E-state index contributed by atoms with van der Waals surface area (Å²) in [6.07, 6.45) is 9.67. The lowest BCUT2D eigenvalue weighted by atomic mass is 9.51. The van der Waals surface area contributed by atoms with Crippen molar-refractivity contribution < 1.29 is 4.79 Å². The fraction of sp³-hybridized carbons (Fsp3) is 0.550. The lowest BCUT2D eigenvalue weighted by Gasteiger charge is -2.54. The van der Waals surface area contributed by atoms with Gasteiger partial charge in [0.15, 0.2) is 0 Å². The minimum atomic E-state index is 0.205. The van der Waals surface area contributed by atoms with Crippen LogP contribution in [-0.2, 0) is 4.79 Å². The Hall–Kier alpha value is -1.77. The molecule has 4 fully saturated rings. The molecule has 1 heterocycles. The second-order valence-corrected chi connectivity index (χ2v) is 8.09. The van der Waals surface area contributed by atoms with E-state index < -0.39 is 0 Å². The highest BCUT2D eigenvalue weighted by Gasteiger charge is 2.48. The first-order valence-corrected chi connectivity index (χ1v) is 9.12. The van der Waals surface area contributed by atoms with Crippen LogP contribution in [-0.4, -0.2) is 10.9 Å². The molecule has 4 aliphatic carbocycles. The molecule has 4 saturated carbocycles. The Morgan fingerprint density at radius 2 is 1.78 bits per heavy atom. The summed E-state index contributed by atoms with van der Waals surface area (Å²) >= 11 is 0. The van der Waals surface area contributed by atoms with Crippen LogP contribution in [0.2, 0.25) is 0 Å². The number of rotatable bonds is 3. The molecule has 1 aromatic heterocycles. The molecule has 2 N–H and O–H groups in total. The van der Waals surface area contributed by atoms with E-state index >= 15 is 0 Å². The van der Waals surface area contributed by atoms with Crippen molar-refractivity contribution in [2.45, 2.75) is 38.5 Å². The molecule has 0 saturated heterocycles. The molecule has 0 radical (unpaired) electrons. The number of aromatic amines is 1. The Kier molecular flexibility index (Phi) is 3.04. The Morgan fingerprint density at radius 1 is 1.04 bits per heavy atom. The van der Waals surface area contributed by atoms with Crippen LogP contribution < -0.4 is 5.32 Å². The molecule has 0 atom stereocenters. The van der Waals surface area contributed by atoms with Gasteiger partial charge in [0.05, 0.1) is 5.69 Å². The van der Waals surface area contributed by atoms with Crippen LogP contribution in [0.15, 0.2) is 30.5 Å². The van der Waals surface area contributed by atoms with Gasteiger partial charge in [0.1, 0.15) is 0 Å². The molecule has 1 amide bonds. The predicted molar refractivity (Wildman–Crippen MR) is 92.1 cm³/mol. The van der Waals surface area contributed by atoms with E-state index in [-0.39, 0.29) is 5.91 Å². The van der Waals surface area contributed by atoms with Gasteiger partial charge in [0.2, 0.25) is 5.91 Å². The molecule has 0 unspecified atom stereocenters. The van der Waals surface area contributed by atoms with Crippen molar-refractivity contribution in [1.82, 2.24) is 4.98 Å². The lowest BCUT2D eigenvalue weighted by molar-refractivity contribution is -0.121. The monoisotopic (exact) mass is 308 g/mol. The van der Waals surface area contributed by atoms with Crippen LogP contribution >= 0.6 is 0 Å². The third-order valence-electron chi connectivity index (χ3n) is 6.71. The van der Waals surface area contributed by atoms with Crippen molar-refractivity contribution in [3.63, 3.8) is 0 Å². The Bertz CT molecular complexity index is 719. The number of aromatic nitrogens is 1. The summed E-state index contributed by atoms with van der Waals surface area (Å²) in [5.41, 5.74) is 2.02. The molecule has 4 bridgehead atoms. The maximum absolute atomic E-state index is 12.6. The Morgan fingerprint density at radius 3 is 2.52 bits per heavy atom. The summed E-state index contributed by atoms with van der Waals surface area (Å²) in [7, 11) is 0. The first kappa shape index (κ1) is 13.6. The molecular weight excluding hydrogens is 284 g/mol. The smallest absolute Gasteiger partial charge is 0.224 e. The number of anilines is 1. The van der Waals surface area contributed by atoms with Gasteiger partial charge in [-0.05, 0) is 79.9 Å². The van der Waals surface area contributed by atoms with E-state index in [9.17, 15) is 4.79 Å². The van der Waals surface area contributed by atoms with Crippen LogP contribution in [0.25, 0.3) is 10.9 Å². The summed E-state index contributed by atoms with van der Waals surface area (Å²) in [6.45, 7) is 0. The molecule has 3 heteroatoms. The maximum atomic E-state index is 12.6. The first-order valence-electron chi connectivity index (χ1n) is 9.12. The molecular formula is C20H24N2O. The average Bonchev–Trinajstić information content (AvgIpc) is 3.00. The van der Waals surface area contributed by atoms with Gasteiger partial charge in [-0.15, -0.1) is 0 Å². The van der Waals surface area contributed by atoms with E-state index in [2.05, 4.69) is 10.3 Å². The van der Waals surface area contributed by atoms with Crippen LogP contribution in [0.5, 0.6) is 0 Å². The second-order valence-electron chi connectivity index (χ2n) is 8.09. The number of fused-ring (bicyclic) bond motifs is 1. The zero-order chi connectivity index (χ0) is 15.4. The largest absolute Gasteiger partial charge is 0.361 e. The SMILES string of the molecule is O=C(CC1C2CC3CC(C2)CC1C3)Nc1cccc2[nH]ccc12. The van der Waals surface area contributed by atoms with Gasteiger partial charge in [-0.3, -0.25) is 4.79 Å². The summed E-state index contributed by atoms with van der Waals surface area (Å²) in [6, 6.07) is 8.08. The minimum Gasteiger partial charge on any atom is -0.361 e. The molecule has 23 heavy (non-hydrogen) atoms. The zero-order valence-corrected chi connectivity index (χ0v) is 13.4. The molecule has 4 aliphatic rings. The number of carbonyl (C=O) groups excluding carboxylic acids is 1. The molecule has 0 aliphatic heterocycles. The minimum absolute atomic E-state index is 0.205. The summed E-state index contributed by atoms with van der Waals surface area (Å²) < 4.78 is 0. The van der Waals surface area contributed by atoms with Gasteiger partial charge in [0.25, 0.3) is 0 Å². The van der Waals surface area contributed by atoms with Crippen molar-refractivity contribution >= 4 is 22.5 Å². The van der Waals surface area contributed by atoms with Crippen molar-refractivity contribution in [1.29, 1.82) is 0 Å². The van der Waals surface area contributed by atoms with Crippen molar-refractivity contribution in [2.75, 3.05) is 5.32 Å².